The maximum Gasteiger partial charge on any atom is 0.220 e. The molecule has 3 rings (SSSR count). The molecule has 6 heteroatoms. The minimum Gasteiger partial charge on any atom is -0.489 e. The minimum atomic E-state index is -0.210. The molecule has 0 aromatic heterocycles. The van der Waals surface area contributed by atoms with Crippen molar-refractivity contribution in [2.45, 2.75) is 19.4 Å². The van der Waals surface area contributed by atoms with Crippen LogP contribution in [0.1, 0.15) is 24.0 Å². The predicted octanol–water partition coefficient (Wildman–Crippen LogP) is 3.79. The number of benzene rings is 2. The molecule has 0 atom stereocenters. The number of halogens is 1. The zero-order valence-corrected chi connectivity index (χ0v) is 15.9. The third-order valence-electron chi connectivity index (χ3n) is 4.60. The Hall–Kier alpha value is -2.11. The van der Waals surface area contributed by atoms with E-state index in [1.54, 1.807) is 0 Å². The summed E-state index contributed by atoms with van der Waals surface area (Å²) >= 11 is 11.5. The fraction of sp³-hybridized carbons (Fsp3) is 0.300. The molecule has 1 heterocycles. The van der Waals surface area contributed by atoms with Gasteiger partial charge in [-0.3, -0.25) is 4.79 Å². The van der Waals surface area contributed by atoms with Crippen LogP contribution >= 0.6 is 23.8 Å². The van der Waals surface area contributed by atoms with E-state index < -0.39 is 0 Å². The summed E-state index contributed by atoms with van der Waals surface area (Å²) in [5, 5.41) is 0.714. The Morgan fingerprint density at radius 1 is 1.12 bits per heavy atom. The van der Waals surface area contributed by atoms with Crippen molar-refractivity contribution in [1.82, 2.24) is 4.90 Å². The van der Waals surface area contributed by atoms with Crippen LogP contribution in [0.2, 0.25) is 5.02 Å². The summed E-state index contributed by atoms with van der Waals surface area (Å²) in [5.74, 6) is 0.550. The van der Waals surface area contributed by atoms with Gasteiger partial charge in [-0.25, -0.2) is 0 Å². The number of hydrogen-bond acceptors (Lipinski definition) is 3. The van der Waals surface area contributed by atoms with E-state index in [1.165, 1.54) is 0 Å². The number of piperidine rings is 1. The number of nitrogens with two attached hydrogens (primary N) is 1. The summed E-state index contributed by atoms with van der Waals surface area (Å²) < 4.78 is 5.80. The van der Waals surface area contributed by atoms with E-state index in [4.69, 9.17) is 34.3 Å². The van der Waals surface area contributed by atoms with Gasteiger partial charge >= 0.3 is 0 Å². The lowest BCUT2D eigenvalue weighted by Crippen LogP contribution is -2.41. The first-order chi connectivity index (χ1) is 12.5. The second-order valence-electron chi connectivity index (χ2n) is 6.41. The number of nitrogens with zero attached hydrogens (tertiary/aromatic N) is 1. The summed E-state index contributed by atoms with van der Waals surface area (Å²) in [6.07, 6.45) is 1.52. The molecule has 0 spiro atoms. The highest BCUT2D eigenvalue weighted by molar-refractivity contribution is 7.80. The number of thiocarbonyl (C=S) groups is 1. The molecule has 0 unspecified atom stereocenters. The van der Waals surface area contributed by atoms with E-state index in [0.717, 1.165) is 47.8 Å². The van der Waals surface area contributed by atoms with Crippen LogP contribution in [0.3, 0.4) is 0 Å². The smallest absolute Gasteiger partial charge is 0.220 e. The van der Waals surface area contributed by atoms with Crippen molar-refractivity contribution in [1.29, 1.82) is 0 Å². The van der Waals surface area contributed by atoms with Gasteiger partial charge in [0.2, 0.25) is 5.91 Å². The number of ether oxygens (including phenoxy) is 1. The number of rotatable bonds is 5. The summed E-state index contributed by atoms with van der Waals surface area (Å²) in [5.41, 5.74) is 7.43. The third kappa shape index (κ3) is 4.74. The number of hydrogen-bond donors (Lipinski definition) is 1. The molecule has 2 aromatic carbocycles. The SMILES string of the molecule is NC(=O)C1CCN(C(=S)c2ccc(OCc3ccc(Cl)cc3)cc2)CC1. The molecule has 26 heavy (non-hydrogen) atoms. The largest absolute Gasteiger partial charge is 0.489 e. The molecular weight excluding hydrogens is 368 g/mol. The molecule has 1 aliphatic rings. The van der Waals surface area contributed by atoms with Crippen molar-refractivity contribution >= 4 is 34.7 Å². The Morgan fingerprint density at radius 3 is 2.31 bits per heavy atom. The van der Waals surface area contributed by atoms with Crippen LogP contribution in [0.25, 0.3) is 0 Å². The van der Waals surface area contributed by atoms with Crippen molar-refractivity contribution < 1.29 is 9.53 Å². The molecule has 2 aromatic rings. The van der Waals surface area contributed by atoms with Gasteiger partial charge in [-0.2, -0.15) is 0 Å². The van der Waals surface area contributed by atoms with Gasteiger partial charge in [-0.05, 0) is 54.8 Å². The molecule has 0 bridgehead atoms. The lowest BCUT2D eigenvalue weighted by molar-refractivity contribution is -0.122. The third-order valence-corrected chi connectivity index (χ3v) is 5.35. The lowest BCUT2D eigenvalue weighted by Gasteiger charge is -2.32. The molecule has 1 fully saturated rings. The summed E-state index contributed by atoms with van der Waals surface area (Å²) in [7, 11) is 0. The average Bonchev–Trinajstić information content (AvgIpc) is 2.67. The average molecular weight is 389 g/mol. The fourth-order valence-electron chi connectivity index (χ4n) is 2.99. The fourth-order valence-corrected chi connectivity index (χ4v) is 3.44. The molecule has 1 saturated heterocycles. The predicted molar refractivity (Wildman–Crippen MR) is 107 cm³/mol. The highest BCUT2D eigenvalue weighted by Gasteiger charge is 2.24. The van der Waals surface area contributed by atoms with Crippen molar-refractivity contribution in [2.24, 2.45) is 11.7 Å². The minimum absolute atomic E-state index is 0.0299. The summed E-state index contributed by atoms with van der Waals surface area (Å²) in [4.78, 5) is 14.2. The second-order valence-corrected chi connectivity index (χ2v) is 7.23. The summed E-state index contributed by atoms with van der Waals surface area (Å²) in [6, 6.07) is 15.4. The van der Waals surface area contributed by atoms with E-state index >= 15 is 0 Å². The van der Waals surface area contributed by atoms with Crippen molar-refractivity contribution in [3.05, 3.63) is 64.7 Å². The van der Waals surface area contributed by atoms with Gasteiger partial charge in [0.05, 0.1) is 0 Å². The standard InChI is InChI=1S/C20H21ClN2O2S/c21-17-5-1-14(2-6-17)13-25-18-7-3-16(4-8-18)20(26)23-11-9-15(10-12-23)19(22)24/h1-8,15H,9-13H2,(H2,22,24). The Bertz CT molecular complexity index is 769. The molecule has 2 N–H and O–H groups in total. The zero-order chi connectivity index (χ0) is 18.5. The number of carbonyl (C=O) groups is 1. The van der Waals surface area contributed by atoms with Crippen LogP contribution in [0.4, 0.5) is 0 Å². The van der Waals surface area contributed by atoms with Gasteiger partial charge in [-0.15, -0.1) is 0 Å². The van der Waals surface area contributed by atoms with Gasteiger partial charge < -0.3 is 15.4 Å². The molecule has 4 nitrogen and oxygen atoms in total. The molecular formula is C20H21ClN2O2S. The molecule has 1 aliphatic heterocycles. The van der Waals surface area contributed by atoms with Crippen LogP contribution in [0, 0.1) is 5.92 Å². The maximum atomic E-state index is 11.3. The zero-order valence-electron chi connectivity index (χ0n) is 14.4. The Kier molecular flexibility index (Phi) is 6.12. The van der Waals surface area contributed by atoms with Crippen LogP contribution in [0.15, 0.2) is 48.5 Å². The highest BCUT2D eigenvalue weighted by atomic mass is 35.5. The van der Waals surface area contributed by atoms with Crippen LogP contribution in [0.5, 0.6) is 5.75 Å². The molecule has 136 valence electrons. The first-order valence-corrected chi connectivity index (χ1v) is 9.37. The first kappa shape index (κ1) is 18.7. The van der Waals surface area contributed by atoms with Gasteiger partial charge in [0.25, 0.3) is 0 Å². The molecule has 0 radical (unpaired) electrons. The lowest BCUT2D eigenvalue weighted by atomic mass is 9.96. The molecule has 0 aliphatic carbocycles. The maximum absolute atomic E-state index is 11.3. The second kappa shape index (κ2) is 8.52. The summed E-state index contributed by atoms with van der Waals surface area (Å²) in [6.45, 7) is 2.02. The van der Waals surface area contributed by atoms with Gasteiger partial charge in [0, 0.05) is 29.6 Å². The van der Waals surface area contributed by atoms with Gasteiger partial charge in [0.1, 0.15) is 17.3 Å². The highest BCUT2D eigenvalue weighted by Crippen LogP contribution is 2.21. The number of carbonyl (C=O) groups excluding carboxylic acids is 1. The van der Waals surface area contributed by atoms with Crippen molar-refractivity contribution in [3.63, 3.8) is 0 Å². The quantitative estimate of drug-likeness (QED) is 0.792. The van der Waals surface area contributed by atoms with Gasteiger partial charge in [-0.1, -0.05) is 36.0 Å². The van der Waals surface area contributed by atoms with E-state index in [9.17, 15) is 4.79 Å². The van der Waals surface area contributed by atoms with E-state index in [0.29, 0.717) is 11.6 Å². The number of primary amides is 1. The Balaban J connectivity index is 1.54. The monoisotopic (exact) mass is 388 g/mol. The topological polar surface area (TPSA) is 55.6 Å². The number of likely N-dealkylation sites (tertiary alicyclic amines) is 1. The number of amides is 1. The normalized spacial score (nSPS) is 14.9. The van der Waals surface area contributed by atoms with Crippen LogP contribution in [-0.4, -0.2) is 28.9 Å². The van der Waals surface area contributed by atoms with E-state index in [1.807, 2.05) is 48.5 Å². The molecule has 0 saturated carbocycles. The van der Waals surface area contributed by atoms with E-state index in [-0.39, 0.29) is 11.8 Å². The van der Waals surface area contributed by atoms with Gasteiger partial charge in [0.15, 0.2) is 0 Å². The first-order valence-electron chi connectivity index (χ1n) is 8.59. The van der Waals surface area contributed by atoms with E-state index in [2.05, 4.69) is 4.90 Å². The van der Waals surface area contributed by atoms with Crippen LogP contribution in [-0.2, 0) is 11.4 Å². The Morgan fingerprint density at radius 2 is 1.73 bits per heavy atom. The molecule has 1 amide bonds. The Labute approximate surface area is 163 Å². The van der Waals surface area contributed by atoms with Crippen LogP contribution < -0.4 is 10.5 Å². The van der Waals surface area contributed by atoms with Crippen molar-refractivity contribution in [3.8, 4) is 5.75 Å². The van der Waals surface area contributed by atoms with Crippen molar-refractivity contribution in [2.75, 3.05) is 13.1 Å².